The van der Waals surface area contributed by atoms with Gasteiger partial charge in [0.1, 0.15) is 0 Å². The average molecular weight is 381 g/mol. The van der Waals surface area contributed by atoms with Gasteiger partial charge in [0.2, 0.25) is 0 Å². The fourth-order valence-corrected chi connectivity index (χ4v) is 3.53. The van der Waals surface area contributed by atoms with Crippen LogP contribution in [0.1, 0.15) is 17.5 Å². The second-order valence-electron chi connectivity index (χ2n) is 7.02. The summed E-state index contributed by atoms with van der Waals surface area (Å²) in [7, 11) is 3.25. The van der Waals surface area contributed by atoms with E-state index < -0.39 is 0 Å². The van der Waals surface area contributed by atoms with E-state index in [0.717, 1.165) is 31.5 Å². The van der Waals surface area contributed by atoms with Crippen molar-refractivity contribution < 1.29 is 19.2 Å². The molecule has 2 N–H and O–H groups in total. The molecular formula is C23H29N2O3+. The molecule has 1 aliphatic heterocycles. The van der Waals surface area contributed by atoms with Gasteiger partial charge in [0.05, 0.1) is 27.3 Å². The van der Waals surface area contributed by atoms with Gasteiger partial charge < -0.3 is 19.7 Å². The molecular weight excluding hydrogens is 352 g/mol. The Kier molecular flexibility index (Phi) is 7.09. The maximum absolute atomic E-state index is 12.3. The van der Waals surface area contributed by atoms with Gasteiger partial charge in [0.15, 0.2) is 18.0 Å². The van der Waals surface area contributed by atoms with Gasteiger partial charge in [-0.1, -0.05) is 36.4 Å². The first-order valence-electron chi connectivity index (χ1n) is 9.75. The molecule has 0 saturated heterocycles. The van der Waals surface area contributed by atoms with Gasteiger partial charge in [-0.05, 0) is 41.3 Å². The maximum atomic E-state index is 12.3. The molecule has 3 rings (SSSR count). The zero-order valence-electron chi connectivity index (χ0n) is 16.7. The van der Waals surface area contributed by atoms with E-state index in [2.05, 4.69) is 35.7 Å². The molecule has 5 nitrogen and oxygen atoms in total. The molecule has 0 aromatic heterocycles. The smallest absolute Gasteiger partial charge is 0.275 e. The normalized spacial score (nSPS) is 16.2. The summed E-state index contributed by atoms with van der Waals surface area (Å²) in [5, 5.41) is 3.03. The SMILES string of the molecule is COc1ccc(CCNC(=O)C[NH+]2CC=C(c3ccccc3)CC2)cc1OC. The van der Waals surface area contributed by atoms with Gasteiger partial charge in [0.25, 0.3) is 5.91 Å². The lowest BCUT2D eigenvalue weighted by atomic mass is 10.00. The van der Waals surface area contributed by atoms with Gasteiger partial charge in [-0.25, -0.2) is 0 Å². The lowest BCUT2D eigenvalue weighted by Gasteiger charge is -2.23. The van der Waals surface area contributed by atoms with E-state index in [0.29, 0.717) is 24.6 Å². The Morgan fingerprint density at radius 3 is 2.54 bits per heavy atom. The minimum absolute atomic E-state index is 0.104. The Hall–Kier alpha value is -2.79. The fraction of sp³-hybridized carbons (Fsp3) is 0.348. The van der Waals surface area contributed by atoms with Crippen molar-refractivity contribution in [1.82, 2.24) is 5.32 Å². The highest BCUT2D eigenvalue weighted by atomic mass is 16.5. The van der Waals surface area contributed by atoms with E-state index in [1.54, 1.807) is 14.2 Å². The Labute approximate surface area is 167 Å². The summed E-state index contributed by atoms with van der Waals surface area (Å²) in [5.74, 6) is 1.53. The highest BCUT2D eigenvalue weighted by Crippen LogP contribution is 2.27. The molecule has 1 amide bonds. The van der Waals surface area contributed by atoms with Crippen LogP contribution in [-0.4, -0.2) is 46.3 Å². The van der Waals surface area contributed by atoms with Crippen LogP contribution in [0.15, 0.2) is 54.6 Å². The number of hydrogen-bond acceptors (Lipinski definition) is 3. The molecule has 148 valence electrons. The highest BCUT2D eigenvalue weighted by Gasteiger charge is 2.18. The Morgan fingerprint density at radius 2 is 1.86 bits per heavy atom. The predicted molar refractivity (Wildman–Crippen MR) is 111 cm³/mol. The van der Waals surface area contributed by atoms with Crippen molar-refractivity contribution in [2.75, 3.05) is 40.4 Å². The van der Waals surface area contributed by atoms with Gasteiger partial charge in [0, 0.05) is 13.0 Å². The molecule has 0 saturated carbocycles. The third kappa shape index (κ3) is 5.36. The number of quaternary nitrogens is 1. The molecule has 28 heavy (non-hydrogen) atoms. The van der Waals surface area contributed by atoms with E-state index in [9.17, 15) is 4.79 Å². The van der Waals surface area contributed by atoms with Crippen molar-refractivity contribution in [3.63, 3.8) is 0 Å². The zero-order chi connectivity index (χ0) is 19.8. The van der Waals surface area contributed by atoms with Gasteiger partial charge in [-0.15, -0.1) is 0 Å². The van der Waals surface area contributed by atoms with E-state index in [1.807, 2.05) is 24.3 Å². The second kappa shape index (κ2) is 9.95. The van der Waals surface area contributed by atoms with Crippen LogP contribution >= 0.6 is 0 Å². The summed E-state index contributed by atoms with van der Waals surface area (Å²) >= 11 is 0. The van der Waals surface area contributed by atoms with Crippen LogP contribution in [0, 0.1) is 0 Å². The Morgan fingerprint density at radius 1 is 1.07 bits per heavy atom. The van der Waals surface area contributed by atoms with Gasteiger partial charge >= 0.3 is 0 Å². The first-order valence-corrected chi connectivity index (χ1v) is 9.75. The quantitative estimate of drug-likeness (QED) is 0.732. The third-order valence-corrected chi connectivity index (χ3v) is 5.12. The van der Waals surface area contributed by atoms with Crippen LogP contribution in [0.25, 0.3) is 5.57 Å². The third-order valence-electron chi connectivity index (χ3n) is 5.12. The number of carbonyl (C=O) groups is 1. The Bertz CT molecular complexity index is 818. The summed E-state index contributed by atoms with van der Waals surface area (Å²) in [6.45, 7) is 3.02. The topological polar surface area (TPSA) is 52.0 Å². The largest absolute Gasteiger partial charge is 0.493 e. The average Bonchev–Trinajstić information content (AvgIpc) is 2.74. The van der Waals surface area contributed by atoms with Crippen molar-refractivity contribution in [3.8, 4) is 11.5 Å². The lowest BCUT2D eigenvalue weighted by Crippen LogP contribution is -3.13. The monoisotopic (exact) mass is 381 g/mol. The molecule has 0 aliphatic carbocycles. The first kappa shape index (κ1) is 20.0. The molecule has 1 atom stereocenters. The molecule has 1 unspecified atom stereocenters. The molecule has 0 radical (unpaired) electrons. The summed E-state index contributed by atoms with van der Waals surface area (Å²) < 4.78 is 10.6. The standard InChI is InChI=1S/C23H28N2O3/c1-27-21-9-8-18(16-22(21)28-2)10-13-24-23(26)17-25-14-11-20(12-15-25)19-6-4-3-5-7-19/h3-9,11,16H,10,12-15,17H2,1-2H3,(H,24,26)/p+1. The van der Waals surface area contributed by atoms with Crippen molar-refractivity contribution in [2.24, 2.45) is 0 Å². The molecule has 0 bridgehead atoms. The van der Waals surface area contributed by atoms with E-state index in [1.165, 1.54) is 16.0 Å². The van der Waals surface area contributed by atoms with Crippen molar-refractivity contribution in [1.29, 1.82) is 0 Å². The van der Waals surface area contributed by atoms with Crippen LogP contribution in [-0.2, 0) is 11.2 Å². The number of benzene rings is 2. The van der Waals surface area contributed by atoms with Crippen molar-refractivity contribution in [3.05, 3.63) is 65.7 Å². The maximum Gasteiger partial charge on any atom is 0.275 e. The van der Waals surface area contributed by atoms with Gasteiger partial charge in [-0.3, -0.25) is 4.79 Å². The van der Waals surface area contributed by atoms with Crippen molar-refractivity contribution >= 4 is 11.5 Å². The number of hydrogen-bond donors (Lipinski definition) is 2. The van der Waals surface area contributed by atoms with Crippen LogP contribution in [0.4, 0.5) is 0 Å². The molecule has 0 spiro atoms. The number of ether oxygens (including phenoxy) is 2. The van der Waals surface area contributed by atoms with Crippen LogP contribution in [0.3, 0.4) is 0 Å². The molecule has 1 aliphatic rings. The molecule has 0 fully saturated rings. The lowest BCUT2D eigenvalue weighted by molar-refractivity contribution is -0.886. The van der Waals surface area contributed by atoms with Crippen LogP contribution in [0.2, 0.25) is 0 Å². The van der Waals surface area contributed by atoms with Crippen LogP contribution < -0.4 is 19.7 Å². The van der Waals surface area contributed by atoms with E-state index >= 15 is 0 Å². The predicted octanol–water partition coefficient (Wildman–Crippen LogP) is 1.73. The number of amides is 1. The Balaban J connectivity index is 1.42. The van der Waals surface area contributed by atoms with Gasteiger partial charge in [-0.2, -0.15) is 0 Å². The summed E-state index contributed by atoms with van der Waals surface area (Å²) in [6.07, 6.45) is 4.04. The molecule has 5 heteroatoms. The van der Waals surface area contributed by atoms with Crippen LogP contribution in [0.5, 0.6) is 11.5 Å². The highest BCUT2D eigenvalue weighted by molar-refractivity contribution is 5.77. The molecule has 1 heterocycles. The number of rotatable bonds is 8. The minimum atomic E-state index is 0.104. The zero-order valence-corrected chi connectivity index (χ0v) is 16.7. The summed E-state index contributed by atoms with van der Waals surface area (Å²) in [5.41, 5.74) is 3.79. The number of carbonyl (C=O) groups excluding carboxylic acids is 1. The first-order chi connectivity index (χ1) is 13.7. The molecule has 2 aromatic carbocycles. The summed E-state index contributed by atoms with van der Waals surface area (Å²) in [4.78, 5) is 13.6. The number of nitrogens with one attached hydrogen (secondary N) is 2. The second-order valence-corrected chi connectivity index (χ2v) is 7.02. The summed E-state index contributed by atoms with van der Waals surface area (Å²) in [6, 6.07) is 16.3. The van der Waals surface area contributed by atoms with Crippen molar-refractivity contribution in [2.45, 2.75) is 12.8 Å². The van der Waals surface area contributed by atoms with E-state index in [-0.39, 0.29) is 5.91 Å². The molecule has 2 aromatic rings. The van der Waals surface area contributed by atoms with E-state index in [4.69, 9.17) is 9.47 Å². The number of methoxy groups -OCH3 is 2. The fourth-order valence-electron chi connectivity index (χ4n) is 3.53. The minimum Gasteiger partial charge on any atom is -0.493 e.